The van der Waals surface area contributed by atoms with Gasteiger partial charge in [0.05, 0.1) is 10.6 Å². The van der Waals surface area contributed by atoms with Crippen molar-refractivity contribution in [3.8, 4) is 0 Å². The van der Waals surface area contributed by atoms with Crippen LogP contribution < -0.4 is 0 Å². The maximum absolute atomic E-state index is 10.7. The van der Waals surface area contributed by atoms with Crippen molar-refractivity contribution < 1.29 is 9.76 Å². The van der Waals surface area contributed by atoms with Crippen LogP contribution in [0.2, 0.25) is 0 Å². The molecule has 6 heteroatoms. The van der Waals surface area contributed by atoms with Gasteiger partial charge in [0.1, 0.15) is 6.10 Å². The monoisotopic (exact) mass is 472 g/mol. The second-order valence-electron chi connectivity index (χ2n) is 8.25. The number of hydrogen-bond acceptors (Lipinski definition) is 4. The summed E-state index contributed by atoms with van der Waals surface area (Å²) in [6, 6.07) is 16.0. The third-order valence-electron chi connectivity index (χ3n) is 5.92. The molecule has 1 fully saturated rings. The van der Waals surface area contributed by atoms with Crippen molar-refractivity contribution in [2.45, 2.75) is 58.0 Å². The molecule has 0 aromatic heterocycles. The maximum atomic E-state index is 10.7. The summed E-state index contributed by atoms with van der Waals surface area (Å²) in [5, 5.41) is 15.4. The molecule has 1 heterocycles. The minimum absolute atomic E-state index is 0.0560. The molecule has 1 aliphatic heterocycles. The van der Waals surface area contributed by atoms with Gasteiger partial charge >= 0.3 is 0 Å². The summed E-state index contributed by atoms with van der Waals surface area (Å²) in [5.74, 6) is 1.80. The van der Waals surface area contributed by atoms with Gasteiger partial charge in [-0.2, -0.15) is 0 Å². The normalized spacial score (nSPS) is 23.0. The van der Waals surface area contributed by atoms with E-state index in [4.69, 9.17) is 4.84 Å². The number of rotatable bonds is 4. The molecule has 30 heavy (non-hydrogen) atoms. The summed E-state index contributed by atoms with van der Waals surface area (Å²) >= 11 is 3.33. The highest BCUT2D eigenvalue weighted by Gasteiger charge is 2.22. The van der Waals surface area contributed by atoms with E-state index >= 15 is 0 Å². The van der Waals surface area contributed by atoms with Crippen LogP contribution in [0, 0.1) is 23.0 Å². The Balaban J connectivity index is 0.000000177. The van der Waals surface area contributed by atoms with Gasteiger partial charge in [0.2, 0.25) is 0 Å². The van der Waals surface area contributed by atoms with Gasteiger partial charge < -0.3 is 4.84 Å². The van der Waals surface area contributed by atoms with Crippen LogP contribution in [0.5, 0.6) is 0 Å². The molecule has 2 aromatic carbocycles. The van der Waals surface area contributed by atoms with Gasteiger partial charge in [-0.05, 0) is 49.3 Å². The third kappa shape index (κ3) is 5.91. The Bertz CT molecular complexity index is 877. The van der Waals surface area contributed by atoms with E-state index in [1.54, 1.807) is 24.6 Å². The Hall–Kier alpha value is -2.21. The summed E-state index contributed by atoms with van der Waals surface area (Å²) < 4.78 is 0. The lowest BCUT2D eigenvalue weighted by molar-refractivity contribution is -0.385. The van der Waals surface area contributed by atoms with Gasteiger partial charge in [-0.3, -0.25) is 10.1 Å². The lowest BCUT2D eigenvalue weighted by Gasteiger charge is -2.26. The fourth-order valence-corrected chi connectivity index (χ4v) is 4.39. The predicted molar refractivity (Wildman–Crippen MR) is 124 cm³/mol. The zero-order valence-corrected chi connectivity index (χ0v) is 19.2. The van der Waals surface area contributed by atoms with Gasteiger partial charge in [0.15, 0.2) is 0 Å². The van der Waals surface area contributed by atoms with Gasteiger partial charge in [-0.15, -0.1) is 0 Å². The SMILES string of the molecule is CC1CCC(c2ccccc2)CC1.Cc1cc(C2=NOC(CBr)C2)ccc1[N+](=O)[O-]. The van der Waals surface area contributed by atoms with Crippen LogP contribution in [0.3, 0.4) is 0 Å². The molecule has 0 amide bonds. The Morgan fingerprint density at radius 2 is 1.83 bits per heavy atom. The molecule has 4 rings (SSSR count). The van der Waals surface area contributed by atoms with Crippen LogP contribution in [0.15, 0.2) is 53.7 Å². The van der Waals surface area contributed by atoms with E-state index in [1.807, 2.05) is 0 Å². The average Bonchev–Trinajstić information content (AvgIpc) is 3.24. The molecular weight excluding hydrogens is 444 g/mol. The lowest BCUT2D eigenvalue weighted by atomic mass is 9.79. The summed E-state index contributed by atoms with van der Waals surface area (Å²) in [6.45, 7) is 4.10. The van der Waals surface area contributed by atoms with Crippen LogP contribution in [0.4, 0.5) is 5.69 Å². The number of halogens is 1. The van der Waals surface area contributed by atoms with E-state index in [2.05, 4.69) is 58.3 Å². The van der Waals surface area contributed by atoms with Crippen LogP contribution in [-0.4, -0.2) is 22.1 Å². The van der Waals surface area contributed by atoms with E-state index < -0.39 is 0 Å². The molecule has 1 unspecified atom stereocenters. The summed E-state index contributed by atoms with van der Waals surface area (Å²) in [5.41, 5.74) is 4.04. The first kappa shape index (κ1) is 22.5. The maximum Gasteiger partial charge on any atom is 0.272 e. The molecule has 1 atom stereocenters. The number of nitro groups is 1. The van der Waals surface area contributed by atoms with Gasteiger partial charge in [-0.1, -0.05) is 71.2 Å². The third-order valence-corrected chi connectivity index (χ3v) is 6.64. The number of aryl methyl sites for hydroxylation is 1. The predicted octanol–water partition coefficient (Wildman–Crippen LogP) is 6.77. The molecule has 1 aliphatic carbocycles. The summed E-state index contributed by atoms with van der Waals surface area (Å²) in [6.07, 6.45) is 6.40. The van der Waals surface area contributed by atoms with E-state index in [-0.39, 0.29) is 16.7 Å². The Kier molecular flexibility index (Phi) is 8.02. The Labute approximate surface area is 186 Å². The Morgan fingerprint density at radius 3 is 2.40 bits per heavy atom. The van der Waals surface area contributed by atoms with Crippen molar-refractivity contribution in [1.82, 2.24) is 0 Å². The molecule has 0 spiro atoms. The quantitative estimate of drug-likeness (QED) is 0.280. The zero-order valence-electron chi connectivity index (χ0n) is 17.6. The first-order chi connectivity index (χ1) is 14.5. The lowest BCUT2D eigenvalue weighted by Crippen LogP contribution is -2.10. The molecule has 2 aliphatic rings. The van der Waals surface area contributed by atoms with E-state index in [0.717, 1.165) is 34.9 Å². The molecule has 5 nitrogen and oxygen atoms in total. The number of nitrogens with zero attached hydrogens (tertiary/aromatic N) is 2. The number of benzene rings is 2. The molecule has 0 saturated heterocycles. The molecule has 0 N–H and O–H groups in total. The van der Waals surface area contributed by atoms with E-state index in [1.165, 1.54) is 31.7 Å². The standard InChI is InChI=1S/C13H18.C11H11BrN2O3/c1-11-7-9-13(10-8-11)12-5-3-2-4-6-12;1-7-4-8(2-3-11(7)14(15)16)10-5-9(6-12)17-13-10/h2-6,11,13H,7-10H2,1H3;2-4,9H,5-6H2,1H3. The smallest absolute Gasteiger partial charge is 0.272 e. The molecule has 1 saturated carbocycles. The largest absolute Gasteiger partial charge is 0.391 e. The number of hydrogen-bond donors (Lipinski definition) is 0. The minimum Gasteiger partial charge on any atom is -0.391 e. The van der Waals surface area contributed by atoms with Crippen LogP contribution in [0.25, 0.3) is 0 Å². The van der Waals surface area contributed by atoms with E-state index in [9.17, 15) is 10.1 Å². The van der Waals surface area contributed by atoms with E-state index in [0.29, 0.717) is 5.56 Å². The summed E-state index contributed by atoms with van der Waals surface area (Å²) in [4.78, 5) is 15.5. The topological polar surface area (TPSA) is 64.7 Å². The number of alkyl halides is 1. The van der Waals surface area contributed by atoms with Crippen molar-refractivity contribution in [3.05, 3.63) is 75.3 Å². The first-order valence-corrected chi connectivity index (χ1v) is 11.7. The molecule has 0 radical (unpaired) electrons. The van der Waals surface area contributed by atoms with Crippen molar-refractivity contribution in [2.75, 3.05) is 5.33 Å². The highest BCUT2D eigenvalue weighted by Crippen LogP contribution is 2.35. The highest BCUT2D eigenvalue weighted by atomic mass is 79.9. The number of nitro benzene ring substituents is 1. The second-order valence-corrected chi connectivity index (χ2v) is 8.90. The minimum atomic E-state index is -0.382. The van der Waals surface area contributed by atoms with Gasteiger partial charge in [0, 0.05) is 28.9 Å². The first-order valence-electron chi connectivity index (χ1n) is 10.6. The van der Waals surface area contributed by atoms with Crippen molar-refractivity contribution in [2.24, 2.45) is 11.1 Å². The number of oxime groups is 1. The van der Waals surface area contributed by atoms with Crippen LogP contribution >= 0.6 is 15.9 Å². The van der Waals surface area contributed by atoms with Crippen molar-refractivity contribution in [3.63, 3.8) is 0 Å². The molecule has 0 bridgehead atoms. The molecular formula is C24H29BrN2O3. The Morgan fingerprint density at radius 1 is 1.13 bits per heavy atom. The zero-order chi connectivity index (χ0) is 21.5. The fraction of sp³-hybridized carbons (Fsp3) is 0.458. The fourth-order valence-electron chi connectivity index (χ4n) is 4.04. The average molecular weight is 473 g/mol. The second kappa shape index (κ2) is 10.7. The van der Waals surface area contributed by atoms with Gasteiger partial charge in [0.25, 0.3) is 5.69 Å². The highest BCUT2D eigenvalue weighted by molar-refractivity contribution is 9.09. The molecule has 2 aromatic rings. The van der Waals surface area contributed by atoms with Crippen LogP contribution in [0.1, 0.15) is 61.6 Å². The van der Waals surface area contributed by atoms with Crippen LogP contribution in [-0.2, 0) is 4.84 Å². The van der Waals surface area contributed by atoms with Gasteiger partial charge in [-0.25, -0.2) is 0 Å². The molecule has 160 valence electrons. The summed E-state index contributed by atoms with van der Waals surface area (Å²) in [7, 11) is 0. The van der Waals surface area contributed by atoms with Crippen molar-refractivity contribution in [1.29, 1.82) is 0 Å². The van der Waals surface area contributed by atoms with Crippen molar-refractivity contribution >= 4 is 27.3 Å².